The molecule has 21 heavy (non-hydrogen) atoms. The van der Waals surface area contributed by atoms with Crippen molar-refractivity contribution < 1.29 is 9.23 Å². The van der Waals surface area contributed by atoms with E-state index >= 15 is 0 Å². The molecule has 0 atom stereocenters. The van der Waals surface area contributed by atoms with Crippen LogP contribution in [0.25, 0.3) is 0 Å². The number of oxime groups is 1. The van der Waals surface area contributed by atoms with Crippen LogP contribution in [0.1, 0.15) is 26.3 Å². The lowest BCUT2D eigenvalue weighted by atomic mass is 9.86. The average molecular weight is 306 g/mol. The van der Waals surface area contributed by atoms with Gasteiger partial charge >= 0.3 is 0 Å². The molecule has 0 unspecified atom stereocenters. The molecule has 0 aromatic heterocycles. The Bertz CT molecular complexity index is 645. The zero-order valence-electron chi connectivity index (χ0n) is 12.2. The highest BCUT2D eigenvalue weighted by Crippen LogP contribution is 2.24. The monoisotopic (exact) mass is 305 g/mol. The summed E-state index contributed by atoms with van der Waals surface area (Å²) in [5.41, 5.74) is 1.46. The summed E-state index contributed by atoms with van der Waals surface area (Å²) >= 11 is 6.04. The molecule has 0 bridgehead atoms. The summed E-state index contributed by atoms with van der Waals surface area (Å²) in [6, 6.07) is 13.2. The summed E-state index contributed by atoms with van der Waals surface area (Å²) in [6.07, 6.45) is 0. The molecule has 2 aromatic rings. The number of rotatable bonds is 3. The Morgan fingerprint density at radius 2 is 1.76 bits per heavy atom. The van der Waals surface area contributed by atoms with Crippen molar-refractivity contribution in [2.75, 3.05) is 0 Å². The summed E-state index contributed by atoms with van der Waals surface area (Å²) < 4.78 is 12.9. The Morgan fingerprint density at radius 3 is 2.33 bits per heavy atom. The normalized spacial score (nSPS) is 12.3. The van der Waals surface area contributed by atoms with E-state index < -0.39 is 0 Å². The Kier molecular flexibility index (Phi) is 4.63. The van der Waals surface area contributed by atoms with Crippen molar-refractivity contribution in [3.8, 4) is 5.75 Å². The van der Waals surface area contributed by atoms with Gasteiger partial charge in [0.05, 0.1) is 5.71 Å². The van der Waals surface area contributed by atoms with Crippen molar-refractivity contribution in [3.63, 3.8) is 0 Å². The van der Waals surface area contributed by atoms with Gasteiger partial charge in [-0.2, -0.15) is 0 Å². The number of nitrogens with zero attached hydrogens (tertiary/aromatic N) is 1. The van der Waals surface area contributed by atoms with Crippen molar-refractivity contribution in [2.45, 2.75) is 20.8 Å². The van der Waals surface area contributed by atoms with Gasteiger partial charge in [-0.1, -0.05) is 49.7 Å². The van der Waals surface area contributed by atoms with Crippen LogP contribution in [0.5, 0.6) is 5.75 Å². The van der Waals surface area contributed by atoms with E-state index in [2.05, 4.69) is 5.16 Å². The lowest BCUT2D eigenvalue weighted by Gasteiger charge is -2.21. The second kappa shape index (κ2) is 6.27. The molecule has 2 rings (SSSR count). The fourth-order valence-corrected chi connectivity index (χ4v) is 2.04. The molecule has 0 N–H and O–H groups in total. The highest BCUT2D eigenvalue weighted by molar-refractivity contribution is 6.31. The van der Waals surface area contributed by atoms with Crippen LogP contribution in [-0.2, 0) is 0 Å². The molecule has 0 radical (unpaired) electrons. The van der Waals surface area contributed by atoms with Crippen LogP contribution in [0.15, 0.2) is 53.7 Å². The molecule has 0 aliphatic carbocycles. The number of hydrogen-bond acceptors (Lipinski definition) is 2. The molecule has 0 saturated heterocycles. The molecule has 2 nitrogen and oxygen atoms in total. The van der Waals surface area contributed by atoms with Gasteiger partial charge in [0.15, 0.2) is 5.75 Å². The van der Waals surface area contributed by atoms with Crippen LogP contribution in [0.3, 0.4) is 0 Å². The Labute approximate surface area is 129 Å². The standard InChI is InChI=1S/C17H17ClFNO/c1-17(2,3)16(12-5-4-6-13(18)11-12)20-21-15-9-7-14(19)8-10-15/h4-11H,1-3H3. The molecule has 0 amide bonds. The topological polar surface area (TPSA) is 21.6 Å². The molecule has 2 aromatic carbocycles. The van der Waals surface area contributed by atoms with Crippen LogP contribution in [0.2, 0.25) is 5.02 Å². The second-order valence-electron chi connectivity index (χ2n) is 5.75. The minimum atomic E-state index is -0.308. The van der Waals surface area contributed by atoms with Gasteiger partial charge in [-0.15, -0.1) is 0 Å². The van der Waals surface area contributed by atoms with Gasteiger partial charge in [0.1, 0.15) is 5.82 Å². The summed E-state index contributed by atoms with van der Waals surface area (Å²) in [4.78, 5) is 5.42. The molecule has 4 heteroatoms. The molecule has 0 aliphatic heterocycles. The molecule has 110 valence electrons. The lowest BCUT2D eigenvalue weighted by molar-refractivity contribution is 0.333. The van der Waals surface area contributed by atoms with E-state index in [1.807, 2.05) is 45.0 Å². The SMILES string of the molecule is CC(C)(C)C(=NOc1ccc(F)cc1)c1cccc(Cl)c1. The number of halogens is 2. The van der Waals surface area contributed by atoms with Crippen molar-refractivity contribution >= 4 is 17.3 Å². The van der Waals surface area contributed by atoms with Crippen molar-refractivity contribution in [3.05, 3.63) is 64.9 Å². The largest absolute Gasteiger partial charge is 0.357 e. The molecular weight excluding hydrogens is 289 g/mol. The van der Waals surface area contributed by atoms with Crippen LogP contribution in [-0.4, -0.2) is 5.71 Å². The Morgan fingerprint density at radius 1 is 1.10 bits per heavy atom. The summed E-state index contributed by atoms with van der Waals surface area (Å²) in [5.74, 6) is 0.178. The van der Waals surface area contributed by atoms with Gasteiger partial charge in [0.2, 0.25) is 0 Å². The predicted molar refractivity (Wildman–Crippen MR) is 84.5 cm³/mol. The molecule has 0 heterocycles. The fourth-order valence-electron chi connectivity index (χ4n) is 1.85. The van der Waals surface area contributed by atoms with E-state index in [4.69, 9.17) is 16.4 Å². The summed E-state index contributed by atoms with van der Waals surface area (Å²) in [6.45, 7) is 6.13. The van der Waals surface area contributed by atoms with Crippen molar-refractivity contribution in [2.24, 2.45) is 10.6 Å². The summed E-state index contributed by atoms with van der Waals surface area (Å²) in [7, 11) is 0. The lowest BCUT2D eigenvalue weighted by Crippen LogP contribution is -2.22. The van der Waals surface area contributed by atoms with E-state index in [0.717, 1.165) is 11.3 Å². The Balaban J connectivity index is 2.32. The van der Waals surface area contributed by atoms with Crippen LogP contribution in [0.4, 0.5) is 4.39 Å². The average Bonchev–Trinajstić information content (AvgIpc) is 2.40. The van der Waals surface area contributed by atoms with Crippen LogP contribution >= 0.6 is 11.6 Å². The first-order valence-corrected chi connectivity index (χ1v) is 7.01. The number of benzene rings is 2. The maximum atomic E-state index is 12.9. The van der Waals surface area contributed by atoms with E-state index in [1.165, 1.54) is 24.3 Å². The van der Waals surface area contributed by atoms with Crippen LogP contribution in [0, 0.1) is 11.2 Å². The van der Waals surface area contributed by atoms with Gasteiger partial charge in [-0.3, -0.25) is 0 Å². The zero-order chi connectivity index (χ0) is 15.5. The van der Waals surface area contributed by atoms with Crippen molar-refractivity contribution in [1.29, 1.82) is 0 Å². The highest BCUT2D eigenvalue weighted by Gasteiger charge is 2.22. The third-order valence-corrected chi connectivity index (χ3v) is 3.10. The molecular formula is C17H17ClFNO. The van der Waals surface area contributed by atoms with Crippen molar-refractivity contribution in [1.82, 2.24) is 0 Å². The van der Waals surface area contributed by atoms with E-state index in [9.17, 15) is 4.39 Å². The van der Waals surface area contributed by atoms with E-state index in [1.54, 1.807) is 0 Å². The predicted octanol–water partition coefficient (Wildman–Crippen LogP) is 5.31. The first-order valence-electron chi connectivity index (χ1n) is 6.63. The maximum absolute atomic E-state index is 12.9. The minimum Gasteiger partial charge on any atom is -0.357 e. The Hall–Kier alpha value is -1.87. The summed E-state index contributed by atoms with van der Waals surface area (Å²) in [5, 5.41) is 4.89. The van der Waals surface area contributed by atoms with Gasteiger partial charge in [0.25, 0.3) is 0 Å². The highest BCUT2D eigenvalue weighted by atomic mass is 35.5. The van der Waals surface area contributed by atoms with Gasteiger partial charge in [-0.05, 0) is 36.4 Å². The third kappa shape index (κ3) is 4.30. The number of hydrogen-bond donors (Lipinski definition) is 0. The smallest absolute Gasteiger partial charge is 0.158 e. The van der Waals surface area contributed by atoms with Gasteiger partial charge in [-0.25, -0.2) is 4.39 Å². The molecule has 0 saturated carbocycles. The second-order valence-corrected chi connectivity index (χ2v) is 6.18. The maximum Gasteiger partial charge on any atom is 0.158 e. The molecule has 0 spiro atoms. The zero-order valence-corrected chi connectivity index (χ0v) is 13.0. The third-order valence-electron chi connectivity index (χ3n) is 2.86. The first-order chi connectivity index (χ1) is 9.86. The van der Waals surface area contributed by atoms with Gasteiger partial charge < -0.3 is 4.84 Å². The first kappa shape index (κ1) is 15.5. The van der Waals surface area contributed by atoms with E-state index in [0.29, 0.717) is 10.8 Å². The minimum absolute atomic E-state index is 0.218. The quantitative estimate of drug-likeness (QED) is 0.556. The van der Waals surface area contributed by atoms with Gasteiger partial charge in [0, 0.05) is 16.0 Å². The molecule has 0 fully saturated rings. The van der Waals surface area contributed by atoms with E-state index in [-0.39, 0.29) is 11.2 Å². The fraction of sp³-hybridized carbons (Fsp3) is 0.235. The molecule has 0 aliphatic rings. The van der Waals surface area contributed by atoms with Crippen LogP contribution < -0.4 is 4.84 Å².